The summed E-state index contributed by atoms with van der Waals surface area (Å²) in [4.78, 5) is 7.08. The standard InChI is InChI=1S/C20H27N3O.HI/c1-2-21-20(23-14-11-18(24)12-15-23)22-13-10-17-8-5-7-16-6-3-4-9-19(16)17;/h3-9,18,24H,2,10-15H2,1H3,(H,21,22);1H. The van der Waals surface area contributed by atoms with Crippen molar-refractivity contribution in [1.82, 2.24) is 10.2 Å². The van der Waals surface area contributed by atoms with Gasteiger partial charge in [0.05, 0.1) is 6.10 Å². The van der Waals surface area contributed by atoms with Crippen molar-refractivity contribution in [2.75, 3.05) is 26.2 Å². The SMILES string of the molecule is CCNC(=NCCc1cccc2ccccc12)N1CCC(O)CC1.I. The molecule has 0 bridgehead atoms. The summed E-state index contributed by atoms with van der Waals surface area (Å²) in [5.74, 6) is 0.977. The molecular weight excluding hydrogens is 425 g/mol. The van der Waals surface area contributed by atoms with E-state index >= 15 is 0 Å². The highest BCUT2D eigenvalue weighted by Crippen LogP contribution is 2.19. The second kappa shape index (κ2) is 9.97. The molecule has 0 saturated carbocycles. The summed E-state index contributed by atoms with van der Waals surface area (Å²) in [6, 6.07) is 15.0. The van der Waals surface area contributed by atoms with Gasteiger partial charge in [-0.1, -0.05) is 42.5 Å². The summed E-state index contributed by atoms with van der Waals surface area (Å²) in [5.41, 5.74) is 1.35. The molecule has 0 amide bonds. The first-order valence-corrected chi connectivity index (χ1v) is 8.96. The number of piperidine rings is 1. The molecule has 0 spiro atoms. The maximum Gasteiger partial charge on any atom is 0.193 e. The molecule has 5 heteroatoms. The molecule has 25 heavy (non-hydrogen) atoms. The first-order valence-electron chi connectivity index (χ1n) is 8.96. The molecule has 1 heterocycles. The van der Waals surface area contributed by atoms with E-state index in [1.54, 1.807) is 0 Å². The molecule has 2 N–H and O–H groups in total. The van der Waals surface area contributed by atoms with E-state index in [4.69, 9.17) is 4.99 Å². The predicted octanol–water partition coefficient (Wildman–Crippen LogP) is 3.42. The number of aliphatic hydroxyl groups excluding tert-OH is 1. The highest BCUT2D eigenvalue weighted by molar-refractivity contribution is 14.0. The van der Waals surface area contributed by atoms with Gasteiger partial charge in [-0.15, -0.1) is 24.0 Å². The maximum atomic E-state index is 9.68. The number of hydrogen-bond acceptors (Lipinski definition) is 2. The minimum Gasteiger partial charge on any atom is -0.393 e. The van der Waals surface area contributed by atoms with E-state index in [0.29, 0.717) is 0 Å². The average Bonchev–Trinajstić information content (AvgIpc) is 2.62. The zero-order valence-corrected chi connectivity index (χ0v) is 17.1. The Morgan fingerprint density at radius 1 is 1.16 bits per heavy atom. The molecule has 1 fully saturated rings. The summed E-state index contributed by atoms with van der Waals surface area (Å²) in [7, 11) is 0. The van der Waals surface area contributed by atoms with Gasteiger partial charge in [0, 0.05) is 26.2 Å². The number of likely N-dealkylation sites (tertiary alicyclic amines) is 1. The van der Waals surface area contributed by atoms with Gasteiger partial charge in [0.15, 0.2) is 5.96 Å². The van der Waals surface area contributed by atoms with Gasteiger partial charge in [-0.05, 0) is 42.5 Å². The number of hydrogen-bond donors (Lipinski definition) is 2. The number of fused-ring (bicyclic) bond motifs is 1. The van der Waals surface area contributed by atoms with E-state index < -0.39 is 0 Å². The third-order valence-electron chi connectivity index (χ3n) is 4.62. The summed E-state index contributed by atoms with van der Waals surface area (Å²) >= 11 is 0. The van der Waals surface area contributed by atoms with E-state index in [9.17, 15) is 5.11 Å². The molecule has 0 atom stereocenters. The molecule has 1 aliphatic rings. The van der Waals surface area contributed by atoms with Crippen molar-refractivity contribution in [3.05, 3.63) is 48.0 Å². The number of benzene rings is 2. The highest BCUT2D eigenvalue weighted by atomic mass is 127. The van der Waals surface area contributed by atoms with E-state index in [1.165, 1.54) is 16.3 Å². The van der Waals surface area contributed by atoms with E-state index in [1.807, 2.05) is 0 Å². The molecule has 2 aromatic carbocycles. The van der Waals surface area contributed by atoms with Crippen LogP contribution in [0.1, 0.15) is 25.3 Å². The quantitative estimate of drug-likeness (QED) is 0.424. The molecule has 1 saturated heterocycles. The van der Waals surface area contributed by atoms with Crippen molar-refractivity contribution in [3.8, 4) is 0 Å². The number of aliphatic imine (C=N–C) groups is 1. The van der Waals surface area contributed by atoms with Gasteiger partial charge in [-0.25, -0.2) is 0 Å². The number of guanidine groups is 1. The third-order valence-corrected chi connectivity index (χ3v) is 4.62. The lowest BCUT2D eigenvalue weighted by molar-refractivity contribution is 0.108. The van der Waals surface area contributed by atoms with Crippen molar-refractivity contribution >= 4 is 40.7 Å². The van der Waals surface area contributed by atoms with E-state index in [-0.39, 0.29) is 30.1 Å². The van der Waals surface area contributed by atoms with Gasteiger partial charge >= 0.3 is 0 Å². The van der Waals surface area contributed by atoms with Crippen LogP contribution in [0.3, 0.4) is 0 Å². The monoisotopic (exact) mass is 453 g/mol. The number of nitrogens with zero attached hydrogens (tertiary/aromatic N) is 2. The van der Waals surface area contributed by atoms with E-state index in [2.05, 4.69) is 59.6 Å². The van der Waals surface area contributed by atoms with Gasteiger partial charge in [0.25, 0.3) is 0 Å². The topological polar surface area (TPSA) is 47.9 Å². The first kappa shape index (κ1) is 20.0. The van der Waals surface area contributed by atoms with Crippen LogP contribution in [0.5, 0.6) is 0 Å². The fourth-order valence-corrected chi connectivity index (χ4v) is 3.30. The molecule has 4 nitrogen and oxygen atoms in total. The first-order chi connectivity index (χ1) is 11.8. The van der Waals surface area contributed by atoms with Crippen LogP contribution in [0, 0.1) is 0 Å². The van der Waals surface area contributed by atoms with E-state index in [0.717, 1.165) is 51.4 Å². The van der Waals surface area contributed by atoms with Crippen LogP contribution in [0.4, 0.5) is 0 Å². The Morgan fingerprint density at radius 3 is 2.64 bits per heavy atom. The van der Waals surface area contributed by atoms with Crippen LogP contribution in [0.25, 0.3) is 10.8 Å². The highest BCUT2D eigenvalue weighted by Gasteiger charge is 2.19. The number of halogens is 1. The lowest BCUT2D eigenvalue weighted by atomic mass is 10.0. The van der Waals surface area contributed by atoms with Crippen molar-refractivity contribution in [3.63, 3.8) is 0 Å². The molecule has 0 radical (unpaired) electrons. The summed E-state index contributed by atoms with van der Waals surface area (Å²) < 4.78 is 0. The normalized spacial score (nSPS) is 15.9. The fraction of sp³-hybridized carbons (Fsp3) is 0.450. The van der Waals surface area contributed by atoms with Gasteiger partial charge in [0.2, 0.25) is 0 Å². The van der Waals surface area contributed by atoms with Crippen LogP contribution >= 0.6 is 24.0 Å². The zero-order valence-electron chi connectivity index (χ0n) is 14.8. The van der Waals surface area contributed by atoms with Crippen LogP contribution in [0.2, 0.25) is 0 Å². The van der Waals surface area contributed by atoms with Crippen LogP contribution in [0.15, 0.2) is 47.5 Å². The Labute approximate surface area is 167 Å². The Bertz CT molecular complexity index is 691. The predicted molar refractivity (Wildman–Crippen MR) is 116 cm³/mol. The van der Waals surface area contributed by atoms with Crippen LogP contribution in [-0.4, -0.2) is 48.2 Å². The summed E-state index contributed by atoms with van der Waals surface area (Å²) in [6.07, 6.45) is 2.44. The van der Waals surface area contributed by atoms with Crippen LogP contribution in [-0.2, 0) is 6.42 Å². The lowest BCUT2D eigenvalue weighted by Gasteiger charge is -2.32. The fourth-order valence-electron chi connectivity index (χ4n) is 3.30. The number of aliphatic hydroxyl groups is 1. The maximum absolute atomic E-state index is 9.68. The smallest absolute Gasteiger partial charge is 0.193 e. The second-order valence-electron chi connectivity index (χ2n) is 6.34. The van der Waals surface area contributed by atoms with Gasteiger partial charge in [-0.3, -0.25) is 4.99 Å². The number of rotatable bonds is 4. The van der Waals surface area contributed by atoms with Crippen LogP contribution < -0.4 is 5.32 Å². The minimum atomic E-state index is -0.153. The average molecular weight is 453 g/mol. The molecule has 0 aliphatic carbocycles. The second-order valence-corrected chi connectivity index (χ2v) is 6.34. The molecular formula is C20H28IN3O. The van der Waals surface area contributed by atoms with Gasteiger partial charge in [-0.2, -0.15) is 0 Å². The Hall–Kier alpha value is -1.34. The Morgan fingerprint density at radius 2 is 1.88 bits per heavy atom. The summed E-state index contributed by atoms with van der Waals surface area (Å²) in [5, 5.41) is 15.7. The minimum absolute atomic E-state index is 0. The Kier molecular flexibility index (Phi) is 7.96. The van der Waals surface area contributed by atoms with Crippen molar-refractivity contribution in [1.29, 1.82) is 0 Å². The van der Waals surface area contributed by atoms with Gasteiger partial charge < -0.3 is 15.3 Å². The van der Waals surface area contributed by atoms with Gasteiger partial charge in [0.1, 0.15) is 0 Å². The molecule has 0 unspecified atom stereocenters. The lowest BCUT2D eigenvalue weighted by Crippen LogP contribution is -2.46. The molecule has 1 aliphatic heterocycles. The zero-order chi connectivity index (χ0) is 16.8. The molecule has 0 aromatic heterocycles. The van der Waals surface area contributed by atoms with Crippen molar-refractivity contribution in [2.24, 2.45) is 4.99 Å². The number of nitrogens with one attached hydrogen (secondary N) is 1. The largest absolute Gasteiger partial charge is 0.393 e. The molecule has 2 aromatic rings. The molecule has 3 rings (SSSR count). The third kappa shape index (κ3) is 5.31. The Balaban J connectivity index is 0.00000225. The van der Waals surface area contributed by atoms with Crippen molar-refractivity contribution in [2.45, 2.75) is 32.3 Å². The summed E-state index contributed by atoms with van der Waals surface area (Å²) in [6.45, 7) is 5.49. The van der Waals surface area contributed by atoms with Crippen molar-refractivity contribution < 1.29 is 5.11 Å². The molecule has 136 valence electrons.